The van der Waals surface area contributed by atoms with Gasteiger partial charge in [0.05, 0.1) is 12.8 Å². The van der Waals surface area contributed by atoms with Gasteiger partial charge in [-0.05, 0) is 55.5 Å². The van der Waals surface area contributed by atoms with Gasteiger partial charge in [-0.15, -0.1) is 0 Å². The quantitative estimate of drug-likeness (QED) is 0.523. The number of piperidine rings is 1. The van der Waals surface area contributed by atoms with Crippen LogP contribution in [-0.4, -0.2) is 63.1 Å². The third kappa shape index (κ3) is 5.78. The largest absolute Gasteiger partial charge is 0.495 e. The van der Waals surface area contributed by atoms with Crippen LogP contribution in [0.15, 0.2) is 53.5 Å². The summed E-state index contributed by atoms with van der Waals surface area (Å²) in [7, 11) is 3.50. The van der Waals surface area contributed by atoms with Gasteiger partial charge in [0.2, 0.25) is 0 Å². The molecule has 2 aliphatic rings. The first-order valence-corrected chi connectivity index (χ1v) is 11.9. The number of nitrogens with one attached hydrogen (secondary N) is 2. The second-order valence-corrected chi connectivity index (χ2v) is 8.73. The molecule has 1 unspecified atom stereocenters. The molecule has 4 rings (SSSR count). The fourth-order valence-corrected chi connectivity index (χ4v) is 4.66. The molecule has 2 aromatic rings. The van der Waals surface area contributed by atoms with Crippen LogP contribution in [0.2, 0.25) is 0 Å². The predicted molar refractivity (Wildman–Crippen MR) is 133 cm³/mol. The van der Waals surface area contributed by atoms with E-state index in [1.54, 1.807) is 14.2 Å². The van der Waals surface area contributed by atoms with Crippen molar-refractivity contribution in [3.05, 3.63) is 59.7 Å². The van der Waals surface area contributed by atoms with Gasteiger partial charge >= 0.3 is 0 Å². The molecule has 7 heteroatoms. The Balaban J connectivity index is 1.31. The number of hydrogen-bond donors (Lipinski definition) is 2. The van der Waals surface area contributed by atoms with E-state index in [2.05, 4.69) is 26.6 Å². The molecular formula is C26H35N5O2. The molecule has 1 atom stereocenters. The molecule has 2 heterocycles. The van der Waals surface area contributed by atoms with Crippen molar-refractivity contribution < 1.29 is 9.53 Å². The number of carbonyl (C=O) groups excluding carboxylic acids is 1. The molecule has 2 fully saturated rings. The van der Waals surface area contributed by atoms with Crippen molar-refractivity contribution >= 4 is 17.6 Å². The normalized spacial score (nSPS) is 18.8. The summed E-state index contributed by atoms with van der Waals surface area (Å²) in [6.45, 7) is 4.20. The molecule has 33 heavy (non-hydrogen) atoms. The maximum absolute atomic E-state index is 12.8. The van der Waals surface area contributed by atoms with Crippen LogP contribution in [0.1, 0.15) is 41.6 Å². The topological polar surface area (TPSA) is 69.2 Å². The maximum atomic E-state index is 12.8. The number of likely N-dealkylation sites (tertiary alicyclic amines) is 1. The summed E-state index contributed by atoms with van der Waals surface area (Å²) >= 11 is 0. The van der Waals surface area contributed by atoms with Crippen LogP contribution in [0.5, 0.6) is 5.75 Å². The van der Waals surface area contributed by atoms with E-state index >= 15 is 0 Å². The number of guanidine groups is 1. The van der Waals surface area contributed by atoms with Gasteiger partial charge in [-0.3, -0.25) is 9.79 Å². The third-order valence-electron chi connectivity index (χ3n) is 6.46. The molecule has 0 saturated carbocycles. The summed E-state index contributed by atoms with van der Waals surface area (Å²) in [5.41, 5.74) is 2.97. The van der Waals surface area contributed by atoms with E-state index in [4.69, 9.17) is 4.74 Å². The van der Waals surface area contributed by atoms with E-state index in [-0.39, 0.29) is 5.91 Å². The first kappa shape index (κ1) is 23.0. The molecular weight excluding hydrogens is 414 g/mol. The van der Waals surface area contributed by atoms with Gasteiger partial charge in [0, 0.05) is 51.4 Å². The summed E-state index contributed by atoms with van der Waals surface area (Å²) in [4.78, 5) is 21.6. The first-order chi connectivity index (χ1) is 16.2. The van der Waals surface area contributed by atoms with Crippen molar-refractivity contribution in [2.45, 2.75) is 38.3 Å². The molecule has 2 aliphatic heterocycles. The van der Waals surface area contributed by atoms with Gasteiger partial charge < -0.3 is 25.2 Å². The van der Waals surface area contributed by atoms with Crippen molar-refractivity contribution in [2.24, 2.45) is 4.99 Å². The van der Waals surface area contributed by atoms with Crippen LogP contribution in [0.25, 0.3) is 0 Å². The molecule has 0 spiro atoms. The molecule has 7 nitrogen and oxygen atoms in total. The van der Waals surface area contributed by atoms with E-state index in [0.717, 1.165) is 74.0 Å². The standard InChI is InChI=1S/C26H35N5O2/c1-27-26(29-22-13-16-31(19-22)23-11-4-5-12-24(23)33-2)28-18-20-9-8-10-21(17-20)25(32)30-14-6-3-7-15-30/h4-5,8-12,17,22H,3,6-7,13-16,18-19H2,1-2H3,(H2,27,28,29). The highest BCUT2D eigenvalue weighted by Crippen LogP contribution is 2.30. The number of nitrogens with zero attached hydrogens (tertiary/aromatic N) is 3. The number of carbonyl (C=O) groups is 1. The van der Waals surface area contributed by atoms with Crippen LogP contribution >= 0.6 is 0 Å². The molecule has 1 amide bonds. The van der Waals surface area contributed by atoms with Crippen molar-refractivity contribution in [1.82, 2.24) is 15.5 Å². The van der Waals surface area contributed by atoms with E-state index in [1.165, 1.54) is 6.42 Å². The van der Waals surface area contributed by atoms with Gasteiger partial charge in [-0.25, -0.2) is 0 Å². The average molecular weight is 450 g/mol. The smallest absolute Gasteiger partial charge is 0.253 e. The van der Waals surface area contributed by atoms with E-state index in [1.807, 2.05) is 47.4 Å². The van der Waals surface area contributed by atoms with Crippen molar-refractivity contribution in [2.75, 3.05) is 45.2 Å². The van der Waals surface area contributed by atoms with Crippen LogP contribution in [-0.2, 0) is 6.54 Å². The summed E-state index contributed by atoms with van der Waals surface area (Å²) in [5.74, 6) is 1.82. The van der Waals surface area contributed by atoms with E-state index in [9.17, 15) is 4.79 Å². The van der Waals surface area contributed by atoms with Crippen LogP contribution in [0.4, 0.5) is 5.69 Å². The van der Waals surface area contributed by atoms with Crippen LogP contribution < -0.4 is 20.3 Å². The summed E-state index contributed by atoms with van der Waals surface area (Å²) in [6, 6.07) is 16.4. The Bertz CT molecular complexity index is 971. The minimum Gasteiger partial charge on any atom is -0.495 e. The zero-order valence-electron chi connectivity index (χ0n) is 19.7. The monoisotopic (exact) mass is 449 g/mol. The molecule has 2 aromatic carbocycles. The number of benzene rings is 2. The Morgan fingerprint density at radius 2 is 1.91 bits per heavy atom. The minimum absolute atomic E-state index is 0.140. The number of para-hydroxylation sites is 2. The first-order valence-electron chi connectivity index (χ1n) is 11.9. The number of rotatable bonds is 6. The Hall–Kier alpha value is -3.22. The van der Waals surface area contributed by atoms with E-state index < -0.39 is 0 Å². The Morgan fingerprint density at radius 3 is 2.70 bits per heavy atom. The maximum Gasteiger partial charge on any atom is 0.253 e. The molecule has 2 saturated heterocycles. The fraction of sp³-hybridized carbons (Fsp3) is 0.462. The minimum atomic E-state index is 0.140. The summed E-state index contributed by atoms with van der Waals surface area (Å²) in [5, 5.41) is 6.95. The highest BCUT2D eigenvalue weighted by Gasteiger charge is 2.25. The highest BCUT2D eigenvalue weighted by molar-refractivity contribution is 5.94. The molecule has 176 valence electrons. The zero-order chi connectivity index (χ0) is 23.0. The van der Waals surface area contributed by atoms with Crippen LogP contribution in [0, 0.1) is 0 Å². The van der Waals surface area contributed by atoms with Gasteiger partial charge in [-0.1, -0.05) is 24.3 Å². The SMILES string of the molecule is CN=C(NCc1cccc(C(=O)N2CCCCC2)c1)NC1CCN(c2ccccc2OC)C1. The third-order valence-corrected chi connectivity index (χ3v) is 6.46. The number of ether oxygens (including phenoxy) is 1. The number of methoxy groups -OCH3 is 1. The highest BCUT2D eigenvalue weighted by atomic mass is 16.5. The molecule has 2 N–H and O–H groups in total. The van der Waals surface area contributed by atoms with Gasteiger partial charge in [-0.2, -0.15) is 0 Å². The van der Waals surface area contributed by atoms with Crippen LogP contribution in [0.3, 0.4) is 0 Å². The Labute approximate surface area is 196 Å². The lowest BCUT2D eigenvalue weighted by molar-refractivity contribution is 0.0724. The number of anilines is 1. The summed E-state index contributed by atoms with van der Waals surface area (Å²) in [6.07, 6.45) is 4.45. The van der Waals surface area contributed by atoms with Gasteiger partial charge in [0.1, 0.15) is 5.75 Å². The Morgan fingerprint density at radius 1 is 1.09 bits per heavy atom. The van der Waals surface area contributed by atoms with E-state index in [0.29, 0.717) is 12.6 Å². The summed E-state index contributed by atoms with van der Waals surface area (Å²) < 4.78 is 5.52. The fourth-order valence-electron chi connectivity index (χ4n) is 4.66. The second kappa shape index (κ2) is 11.1. The predicted octanol–water partition coefficient (Wildman–Crippen LogP) is 3.27. The van der Waals surface area contributed by atoms with Gasteiger partial charge in [0.15, 0.2) is 5.96 Å². The number of amides is 1. The zero-order valence-corrected chi connectivity index (χ0v) is 19.7. The lowest BCUT2D eigenvalue weighted by atomic mass is 10.1. The van der Waals surface area contributed by atoms with Gasteiger partial charge in [0.25, 0.3) is 5.91 Å². The molecule has 0 bridgehead atoms. The molecule has 0 aromatic heterocycles. The lowest BCUT2D eigenvalue weighted by Crippen LogP contribution is -2.44. The Kier molecular flexibility index (Phi) is 7.70. The average Bonchev–Trinajstić information content (AvgIpc) is 3.35. The van der Waals surface area contributed by atoms with Crippen molar-refractivity contribution in [1.29, 1.82) is 0 Å². The lowest BCUT2D eigenvalue weighted by Gasteiger charge is -2.26. The second-order valence-electron chi connectivity index (χ2n) is 8.73. The number of hydrogen-bond acceptors (Lipinski definition) is 4. The molecule has 0 radical (unpaired) electrons. The van der Waals surface area contributed by atoms with Crippen molar-refractivity contribution in [3.63, 3.8) is 0 Å². The van der Waals surface area contributed by atoms with Crippen molar-refractivity contribution in [3.8, 4) is 5.75 Å². The number of aliphatic imine (C=N–C) groups is 1. The molecule has 0 aliphatic carbocycles.